The zero-order valence-corrected chi connectivity index (χ0v) is 9.33. The molecule has 0 spiro atoms. The monoisotopic (exact) mass is 219 g/mol. The highest BCUT2D eigenvalue weighted by Gasteiger charge is 2.15. The number of aryl methyl sites for hydroxylation is 1. The highest BCUT2D eigenvalue weighted by atomic mass is 19.1. The summed E-state index contributed by atoms with van der Waals surface area (Å²) in [6, 6.07) is 6.67. The van der Waals surface area contributed by atoms with Crippen molar-refractivity contribution in [2.24, 2.45) is 0 Å². The van der Waals surface area contributed by atoms with Crippen LogP contribution in [0.4, 0.5) is 4.39 Å². The minimum absolute atomic E-state index is 0.0329. The molecule has 1 aromatic heterocycles. The molecule has 3 heteroatoms. The fourth-order valence-corrected chi connectivity index (χ4v) is 1.86. The van der Waals surface area contributed by atoms with Crippen LogP contribution in [-0.2, 0) is 0 Å². The maximum Gasteiger partial charge on any atom is 0.123 e. The summed E-state index contributed by atoms with van der Waals surface area (Å²) >= 11 is 0. The molecule has 0 aliphatic carbocycles. The van der Waals surface area contributed by atoms with Crippen LogP contribution in [0, 0.1) is 12.7 Å². The van der Waals surface area contributed by atoms with Gasteiger partial charge in [-0.3, -0.25) is 0 Å². The molecule has 2 aromatic rings. The first-order chi connectivity index (χ1) is 7.72. The topological polar surface area (TPSA) is 25.2 Å². The molecule has 0 radical (unpaired) electrons. The van der Waals surface area contributed by atoms with E-state index in [1.807, 2.05) is 20.0 Å². The molecule has 1 aromatic carbocycles. The van der Waals surface area contributed by atoms with E-state index < -0.39 is 0 Å². The summed E-state index contributed by atoms with van der Waals surface area (Å²) in [6.07, 6.45) is 3.29. The van der Waals surface area contributed by atoms with Crippen molar-refractivity contribution < 1.29 is 8.81 Å². The van der Waals surface area contributed by atoms with Gasteiger partial charge in [-0.05, 0) is 43.3 Å². The molecule has 0 aliphatic rings. The molecule has 0 amide bonds. The summed E-state index contributed by atoms with van der Waals surface area (Å²) in [5, 5.41) is 3.16. The van der Waals surface area contributed by atoms with Gasteiger partial charge >= 0.3 is 0 Å². The zero-order valence-electron chi connectivity index (χ0n) is 9.33. The van der Waals surface area contributed by atoms with Crippen molar-refractivity contribution in [3.63, 3.8) is 0 Å². The van der Waals surface area contributed by atoms with Gasteiger partial charge in [-0.15, -0.1) is 0 Å². The van der Waals surface area contributed by atoms with Crippen molar-refractivity contribution in [1.29, 1.82) is 0 Å². The zero-order chi connectivity index (χ0) is 11.5. The molecule has 84 valence electrons. The summed E-state index contributed by atoms with van der Waals surface area (Å²) in [7, 11) is 1.85. The molecule has 0 aliphatic heterocycles. The van der Waals surface area contributed by atoms with E-state index >= 15 is 0 Å². The summed E-state index contributed by atoms with van der Waals surface area (Å²) < 4.78 is 18.3. The second kappa shape index (κ2) is 4.49. The van der Waals surface area contributed by atoms with E-state index in [9.17, 15) is 4.39 Å². The minimum atomic E-state index is -0.218. The van der Waals surface area contributed by atoms with Gasteiger partial charge in [-0.2, -0.15) is 0 Å². The molecule has 2 rings (SSSR count). The third-order valence-corrected chi connectivity index (χ3v) is 2.72. The lowest BCUT2D eigenvalue weighted by molar-refractivity contribution is 0.556. The van der Waals surface area contributed by atoms with Gasteiger partial charge in [-0.1, -0.05) is 6.07 Å². The summed E-state index contributed by atoms with van der Waals surface area (Å²) in [5.74, 6) is -0.218. The Balaban J connectivity index is 2.44. The van der Waals surface area contributed by atoms with Gasteiger partial charge in [0.2, 0.25) is 0 Å². The Hall–Kier alpha value is -1.61. The van der Waals surface area contributed by atoms with E-state index in [1.165, 1.54) is 6.07 Å². The molecule has 2 nitrogen and oxygen atoms in total. The van der Waals surface area contributed by atoms with Gasteiger partial charge < -0.3 is 9.73 Å². The SMILES string of the molecule is CNC(c1ccoc1)c1cc(F)ccc1C. The van der Waals surface area contributed by atoms with Gasteiger partial charge in [0.05, 0.1) is 18.6 Å². The van der Waals surface area contributed by atoms with Crippen molar-refractivity contribution in [2.45, 2.75) is 13.0 Å². The number of rotatable bonds is 3. The molecule has 0 saturated carbocycles. The van der Waals surface area contributed by atoms with E-state index in [4.69, 9.17) is 4.42 Å². The van der Waals surface area contributed by atoms with E-state index in [0.29, 0.717) is 0 Å². The maximum atomic E-state index is 13.2. The predicted molar refractivity (Wildman–Crippen MR) is 60.7 cm³/mol. The average molecular weight is 219 g/mol. The second-order valence-electron chi connectivity index (χ2n) is 3.78. The van der Waals surface area contributed by atoms with Crippen molar-refractivity contribution in [3.05, 3.63) is 59.3 Å². The Labute approximate surface area is 94.1 Å². The van der Waals surface area contributed by atoms with Crippen LogP contribution < -0.4 is 5.32 Å². The first-order valence-electron chi connectivity index (χ1n) is 5.18. The Kier molecular flexibility index (Phi) is 3.06. The highest BCUT2D eigenvalue weighted by Crippen LogP contribution is 2.25. The van der Waals surface area contributed by atoms with Crippen LogP contribution in [0.3, 0.4) is 0 Å². The van der Waals surface area contributed by atoms with Crippen molar-refractivity contribution >= 4 is 0 Å². The van der Waals surface area contributed by atoms with Crippen LogP contribution in [0.25, 0.3) is 0 Å². The molecular formula is C13H14FNO. The van der Waals surface area contributed by atoms with Crippen LogP contribution in [-0.4, -0.2) is 7.05 Å². The van der Waals surface area contributed by atoms with Crippen LogP contribution in [0.1, 0.15) is 22.7 Å². The Morgan fingerprint density at radius 1 is 1.31 bits per heavy atom. The molecule has 0 saturated heterocycles. The number of nitrogens with one attached hydrogen (secondary N) is 1. The number of hydrogen-bond acceptors (Lipinski definition) is 2. The summed E-state index contributed by atoms with van der Waals surface area (Å²) in [4.78, 5) is 0. The smallest absolute Gasteiger partial charge is 0.123 e. The standard InChI is InChI=1S/C13H14FNO/c1-9-3-4-11(14)7-12(9)13(15-2)10-5-6-16-8-10/h3-8,13,15H,1-2H3. The Morgan fingerprint density at radius 3 is 2.75 bits per heavy atom. The van der Waals surface area contributed by atoms with E-state index in [0.717, 1.165) is 16.7 Å². The Bertz CT molecular complexity index is 465. The highest BCUT2D eigenvalue weighted by molar-refractivity contribution is 5.35. The lowest BCUT2D eigenvalue weighted by Gasteiger charge is -2.17. The van der Waals surface area contributed by atoms with Crippen LogP contribution >= 0.6 is 0 Å². The number of halogens is 1. The fourth-order valence-electron chi connectivity index (χ4n) is 1.86. The van der Waals surface area contributed by atoms with Gasteiger partial charge in [0, 0.05) is 5.56 Å². The van der Waals surface area contributed by atoms with Crippen LogP contribution in [0.15, 0.2) is 41.2 Å². The summed E-state index contributed by atoms with van der Waals surface area (Å²) in [6.45, 7) is 1.97. The predicted octanol–water partition coefficient (Wildman–Crippen LogP) is 3.04. The largest absolute Gasteiger partial charge is 0.472 e. The molecule has 1 atom stereocenters. The van der Waals surface area contributed by atoms with Gasteiger partial charge in [0.1, 0.15) is 5.82 Å². The van der Waals surface area contributed by atoms with Crippen molar-refractivity contribution in [1.82, 2.24) is 5.32 Å². The normalized spacial score (nSPS) is 12.7. The molecule has 1 N–H and O–H groups in total. The molecule has 1 heterocycles. The van der Waals surface area contributed by atoms with Gasteiger partial charge in [0.25, 0.3) is 0 Å². The fraction of sp³-hybridized carbons (Fsp3) is 0.231. The number of hydrogen-bond donors (Lipinski definition) is 1. The maximum absolute atomic E-state index is 13.2. The first kappa shape index (κ1) is 10.9. The van der Waals surface area contributed by atoms with Crippen LogP contribution in [0.5, 0.6) is 0 Å². The lowest BCUT2D eigenvalue weighted by atomic mass is 9.97. The Morgan fingerprint density at radius 2 is 2.12 bits per heavy atom. The average Bonchev–Trinajstić information content (AvgIpc) is 2.78. The van der Waals surface area contributed by atoms with Gasteiger partial charge in [0.15, 0.2) is 0 Å². The molecular weight excluding hydrogens is 205 g/mol. The molecule has 0 bridgehead atoms. The van der Waals surface area contributed by atoms with Gasteiger partial charge in [-0.25, -0.2) is 4.39 Å². The van der Waals surface area contributed by atoms with E-state index in [-0.39, 0.29) is 11.9 Å². The third kappa shape index (κ3) is 1.99. The van der Waals surface area contributed by atoms with Crippen LogP contribution in [0.2, 0.25) is 0 Å². The van der Waals surface area contributed by atoms with Crippen molar-refractivity contribution in [3.8, 4) is 0 Å². The molecule has 16 heavy (non-hydrogen) atoms. The number of furan rings is 1. The number of benzene rings is 1. The van der Waals surface area contributed by atoms with Crippen molar-refractivity contribution in [2.75, 3.05) is 7.05 Å². The summed E-state index contributed by atoms with van der Waals surface area (Å²) in [5.41, 5.74) is 2.99. The minimum Gasteiger partial charge on any atom is -0.472 e. The quantitative estimate of drug-likeness (QED) is 0.858. The third-order valence-electron chi connectivity index (χ3n) is 2.72. The van der Waals surface area contributed by atoms with E-state index in [2.05, 4.69) is 5.32 Å². The lowest BCUT2D eigenvalue weighted by Crippen LogP contribution is -2.18. The molecule has 1 unspecified atom stereocenters. The molecule has 0 fully saturated rings. The second-order valence-corrected chi connectivity index (χ2v) is 3.78. The first-order valence-corrected chi connectivity index (χ1v) is 5.18. The van der Waals surface area contributed by atoms with E-state index in [1.54, 1.807) is 24.7 Å².